The Labute approximate surface area is 160 Å². The highest BCUT2D eigenvalue weighted by Gasteiger charge is 2.19. The first-order valence-electron chi connectivity index (χ1n) is 9.08. The van der Waals surface area contributed by atoms with E-state index in [9.17, 15) is 0 Å². The number of hydrogen-bond donors (Lipinski definition) is 0. The second-order valence-corrected chi connectivity index (χ2v) is 7.45. The van der Waals surface area contributed by atoms with Crippen LogP contribution in [-0.2, 0) is 0 Å². The summed E-state index contributed by atoms with van der Waals surface area (Å²) in [6, 6.07) is 0. The summed E-state index contributed by atoms with van der Waals surface area (Å²) in [5.74, 6) is 0. The minimum absolute atomic E-state index is 0. The van der Waals surface area contributed by atoms with Gasteiger partial charge in [-0.25, -0.2) is 0 Å². The first-order valence-corrected chi connectivity index (χ1v) is 10.2. The lowest BCUT2D eigenvalue weighted by Crippen LogP contribution is -3.00. The molecule has 0 aromatic rings. The molecule has 0 amide bonds. The predicted octanol–water partition coefficient (Wildman–Crippen LogP) is 3.16. The number of quaternary nitrogens is 1. The normalized spacial score (nSPS) is 13.7. The zero-order chi connectivity index (χ0) is 15.1. The molecule has 0 radical (unpaired) electrons. The Morgan fingerprint density at radius 3 is 1.38 bits per heavy atom. The summed E-state index contributed by atoms with van der Waals surface area (Å²) < 4.78 is 1.28. The minimum Gasteiger partial charge on any atom is -1.00 e. The first kappa shape index (κ1) is 24.4. The molecule has 0 aromatic heterocycles. The van der Waals surface area contributed by atoms with Gasteiger partial charge in [-0.15, -0.1) is 0 Å². The highest BCUT2D eigenvalue weighted by molar-refractivity contribution is 9.09. The summed E-state index contributed by atoms with van der Waals surface area (Å²) in [5, 5.41) is 1.15. The number of alkyl halides is 1. The molecule has 0 fully saturated rings. The summed E-state index contributed by atoms with van der Waals surface area (Å²) in [4.78, 5) is 0. The molecular weight excluding hydrogens is 437 g/mol. The van der Waals surface area contributed by atoms with Gasteiger partial charge in [0, 0.05) is 0 Å². The molecule has 0 aliphatic heterocycles. The highest BCUT2D eigenvalue weighted by Crippen LogP contribution is 2.13. The van der Waals surface area contributed by atoms with Crippen LogP contribution in [-0.4, -0.2) is 36.5 Å². The van der Waals surface area contributed by atoms with E-state index in [0.717, 1.165) is 5.33 Å². The van der Waals surface area contributed by atoms with Crippen molar-refractivity contribution in [3.63, 3.8) is 0 Å². The Hall–Kier alpha value is 1.17. The molecule has 0 aliphatic rings. The molecule has 130 valence electrons. The van der Waals surface area contributed by atoms with E-state index in [1.807, 2.05) is 0 Å². The minimum atomic E-state index is 0. The van der Waals surface area contributed by atoms with Gasteiger partial charge in [-0.1, -0.05) is 74.7 Å². The molecule has 1 unspecified atom stereocenters. The van der Waals surface area contributed by atoms with E-state index in [1.165, 1.54) is 94.7 Å². The molecule has 0 rings (SSSR count). The molecule has 0 N–H and O–H groups in total. The van der Waals surface area contributed by atoms with Crippen molar-refractivity contribution in [1.29, 1.82) is 0 Å². The first-order chi connectivity index (χ1) is 9.68. The van der Waals surface area contributed by atoms with Gasteiger partial charge in [-0.2, -0.15) is 0 Å². The lowest BCUT2D eigenvalue weighted by Gasteiger charge is -2.34. The number of hydrogen-bond acceptors (Lipinski definition) is 0. The summed E-state index contributed by atoms with van der Waals surface area (Å²) >= 11 is 3.65. The van der Waals surface area contributed by atoms with Crippen molar-refractivity contribution in [3.05, 3.63) is 0 Å². The van der Waals surface area contributed by atoms with E-state index in [0.29, 0.717) is 0 Å². The van der Waals surface area contributed by atoms with Crippen LogP contribution in [0.25, 0.3) is 0 Å². The fourth-order valence-electron chi connectivity index (χ4n) is 2.91. The fraction of sp³-hybridized carbons (Fsp3) is 1.00. The maximum absolute atomic E-state index is 3.65. The van der Waals surface area contributed by atoms with E-state index in [-0.39, 0.29) is 24.0 Å². The summed E-state index contributed by atoms with van der Waals surface area (Å²) in [6.07, 6.45) is 15.6. The van der Waals surface area contributed by atoms with Gasteiger partial charge in [0.15, 0.2) is 0 Å². The Morgan fingerprint density at radius 1 is 0.619 bits per heavy atom. The van der Waals surface area contributed by atoms with Crippen molar-refractivity contribution in [2.24, 2.45) is 0 Å². The Bertz CT molecular complexity index is 202. The van der Waals surface area contributed by atoms with Crippen LogP contribution < -0.4 is 24.0 Å². The SMILES string of the molecule is CCCCCCCC[N+](C)(CCBr)CCCCCCC.[I-]. The van der Waals surface area contributed by atoms with Crippen molar-refractivity contribution in [3.8, 4) is 0 Å². The monoisotopic (exact) mass is 475 g/mol. The number of rotatable bonds is 15. The lowest BCUT2D eigenvalue weighted by atomic mass is 10.1. The van der Waals surface area contributed by atoms with Crippen LogP contribution in [0, 0.1) is 0 Å². The smallest absolute Gasteiger partial charge is 0.0883 e. The average Bonchev–Trinajstić information content (AvgIpc) is 2.43. The molecule has 0 aromatic carbocycles. The standard InChI is InChI=1S/C18H39BrN.HI/c1-4-6-8-10-12-14-17-20(3,18-15-19)16-13-11-9-7-5-2;/h4-18H2,1-3H3;1H/q+1;/p-1. The quantitative estimate of drug-likeness (QED) is 0.148. The third-order valence-electron chi connectivity index (χ3n) is 4.48. The topological polar surface area (TPSA) is 0 Å². The molecule has 0 aliphatic carbocycles. The van der Waals surface area contributed by atoms with Gasteiger partial charge in [-0.05, 0) is 25.7 Å². The molecule has 0 bridgehead atoms. The van der Waals surface area contributed by atoms with Gasteiger partial charge in [0.2, 0.25) is 0 Å². The van der Waals surface area contributed by atoms with E-state index in [1.54, 1.807) is 0 Å². The largest absolute Gasteiger partial charge is 1.00 e. The van der Waals surface area contributed by atoms with Gasteiger partial charge >= 0.3 is 0 Å². The van der Waals surface area contributed by atoms with E-state index in [2.05, 4.69) is 36.8 Å². The zero-order valence-corrected chi connectivity index (χ0v) is 18.6. The average molecular weight is 476 g/mol. The highest BCUT2D eigenvalue weighted by atomic mass is 127. The molecule has 0 spiro atoms. The van der Waals surface area contributed by atoms with Crippen LogP contribution in [0.5, 0.6) is 0 Å². The fourth-order valence-corrected chi connectivity index (χ4v) is 3.77. The third kappa shape index (κ3) is 15.8. The summed E-state index contributed by atoms with van der Waals surface area (Å²) in [7, 11) is 2.47. The molecule has 1 nitrogen and oxygen atoms in total. The Kier molecular flexibility index (Phi) is 20.4. The Morgan fingerprint density at radius 2 is 1.00 bits per heavy atom. The Balaban J connectivity index is 0. The van der Waals surface area contributed by atoms with E-state index >= 15 is 0 Å². The number of halogens is 2. The molecule has 21 heavy (non-hydrogen) atoms. The lowest BCUT2D eigenvalue weighted by molar-refractivity contribution is -0.907. The third-order valence-corrected chi connectivity index (χ3v) is 4.83. The van der Waals surface area contributed by atoms with E-state index in [4.69, 9.17) is 0 Å². The van der Waals surface area contributed by atoms with Crippen molar-refractivity contribution in [1.82, 2.24) is 0 Å². The maximum Gasteiger partial charge on any atom is 0.0883 e. The van der Waals surface area contributed by atoms with Crippen LogP contribution in [0.4, 0.5) is 0 Å². The molecule has 3 heteroatoms. The molecule has 0 heterocycles. The van der Waals surface area contributed by atoms with E-state index < -0.39 is 0 Å². The van der Waals surface area contributed by atoms with Gasteiger partial charge in [0.05, 0.1) is 32.0 Å². The van der Waals surface area contributed by atoms with Crippen LogP contribution in [0.15, 0.2) is 0 Å². The summed E-state index contributed by atoms with van der Waals surface area (Å²) in [6.45, 7) is 8.64. The summed E-state index contributed by atoms with van der Waals surface area (Å²) in [5.41, 5.74) is 0. The van der Waals surface area contributed by atoms with Gasteiger partial charge in [0.1, 0.15) is 0 Å². The number of unbranched alkanes of at least 4 members (excludes halogenated alkanes) is 9. The molecule has 0 saturated carbocycles. The zero-order valence-electron chi connectivity index (χ0n) is 14.8. The second kappa shape index (κ2) is 17.5. The second-order valence-electron chi connectivity index (χ2n) is 6.66. The van der Waals surface area contributed by atoms with Crippen molar-refractivity contribution >= 4 is 15.9 Å². The van der Waals surface area contributed by atoms with Crippen molar-refractivity contribution in [2.75, 3.05) is 32.0 Å². The van der Waals surface area contributed by atoms with Crippen LogP contribution in [0.1, 0.15) is 84.5 Å². The predicted molar refractivity (Wildman–Crippen MR) is 96.7 cm³/mol. The molecule has 1 atom stereocenters. The molecule has 0 saturated heterocycles. The van der Waals surface area contributed by atoms with Gasteiger partial charge in [0.25, 0.3) is 0 Å². The van der Waals surface area contributed by atoms with Crippen molar-refractivity contribution in [2.45, 2.75) is 84.5 Å². The van der Waals surface area contributed by atoms with Gasteiger partial charge < -0.3 is 28.5 Å². The number of nitrogens with zero attached hydrogens (tertiary/aromatic N) is 1. The van der Waals surface area contributed by atoms with Crippen LogP contribution >= 0.6 is 15.9 Å². The van der Waals surface area contributed by atoms with Crippen LogP contribution in [0.2, 0.25) is 0 Å². The van der Waals surface area contributed by atoms with Crippen LogP contribution in [0.3, 0.4) is 0 Å². The maximum atomic E-state index is 3.65. The van der Waals surface area contributed by atoms with Crippen molar-refractivity contribution < 1.29 is 28.5 Å². The molecular formula is C18H39BrIN. The van der Waals surface area contributed by atoms with Gasteiger partial charge in [-0.3, -0.25) is 0 Å².